The van der Waals surface area contributed by atoms with Gasteiger partial charge in [0, 0.05) is 56.7 Å². The molecule has 1 saturated carbocycles. The summed E-state index contributed by atoms with van der Waals surface area (Å²) in [7, 11) is 1.68. The van der Waals surface area contributed by atoms with Crippen LogP contribution in [0.2, 0.25) is 5.02 Å². The average Bonchev–Trinajstić information content (AvgIpc) is 3.72. The second-order valence-corrected chi connectivity index (χ2v) is 10.4. The molecular weight excluding hydrogens is 494 g/mol. The van der Waals surface area contributed by atoms with Crippen LogP contribution in [0.4, 0.5) is 11.5 Å². The van der Waals surface area contributed by atoms with E-state index in [0.717, 1.165) is 77.7 Å². The molecule has 2 fully saturated rings. The third-order valence-electron chi connectivity index (χ3n) is 6.33. The van der Waals surface area contributed by atoms with Crippen LogP contribution in [-0.4, -0.2) is 55.2 Å². The first-order valence-electron chi connectivity index (χ1n) is 12.2. The largest absolute Gasteiger partial charge is 0.378 e. The Labute approximate surface area is 221 Å². The van der Waals surface area contributed by atoms with Gasteiger partial charge in [-0.2, -0.15) is 0 Å². The highest BCUT2D eigenvalue weighted by molar-refractivity contribution is 7.98. The summed E-state index contributed by atoms with van der Waals surface area (Å²) in [5, 5.41) is 4.54. The number of rotatable bonds is 9. The van der Waals surface area contributed by atoms with Gasteiger partial charge in [-0.15, -0.1) is 0 Å². The second-order valence-electron chi connectivity index (χ2n) is 9.09. The Morgan fingerprint density at radius 3 is 2.47 bits per heavy atom. The molecule has 1 amide bonds. The van der Waals surface area contributed by atoms with Crippen LogP contribution in [0.15, 0.2) is 59.8 Å². The van der Waals surface area contributed by atoms with Crippen molar-refractivity contribution in [2.45, 2.75) is 36.4 Å². The minimum Gasteiger partial charge on any atom is -0.378 e. The molecule has 2 aliphatic rings. The highest BCUT2D eigenvalue weighted by atomic mass is 35.5. The number of ether oxygens (including phenoxy) is 1. The Morgan fingerprint density at radius 2 is 1.78 bits per heavy atom. The van der Waals surface area contributed by atoms with Gasteiger partial charge in [0.25, 0.3) is 5.91 Å². The Balaban J connectivity index is 1.23. The van der Waals surface area contributed by atoms with Crippen molar-refractivity contribution in [3.63, 3.8) is 0 Å². The molecule has 1 aromatic heterocycles. The van der Waals surface area contributed by atoms with Crippen LogP contribution in [0.1, 0.15) is 34.5 Å². The van der Waals surface area contributed by atoms with Gasteiger partial charge in [0.05, 0.1) is 23.0 Å². The fourth-order valence-electron chi connectivity index (χ4n) is 4.19. The lowest BCUT2D eigenvalue weighted by Crippen LogP contribution is -2.47. The summed E-state index contributed by atoms with van der Waals surface area (Å²) in [5.41, 5.74) is 3.77. The molecule has 5 rings (SSSR count). The number of carbonyl (C=O) groups excluding carboxylic acids is 1. The second kappa shape index (κ2) is 11.5. The highest BCUT2D eigenvalue weighted by Crippen LogP contribution is 2.28. The monoisotopic (exact) mass is 523 g/mol. The Morgan fingerprint density at radius 1 is 1.06 bits per heavy atom. The predicted molar refractivity (Wildman–Crippen MR) is 145 cm³/mol. The van der Waals surface area contributed by atoms with Crippen molar-refractivity contribution in [2.75, 3.05) is 43.1 Å². The van der Waals surface area contributed by atoms with Crippen molar-refractivity contribution >= 4 is 40.8 Å². The molecule has 7 nitrogen and oxygen atoms in total. The fourth-order valence-corrected chi connectivity index (χ4v) is 5.27. The SMILES string of the molecule is COCc1cc(N2CCN(c3ccccc3Cl)CC2)nc(SCc2ccc(C(=O)NC3CC3)cc2)n1. The summed E-state index contributed by atoms with van der Waals surface area (Å²) in [5.74, 6) is 1.65. The number of thioether (sulfide) groups is 1. The van der Waals surface area contributed by atoms with Gasteiger partial charge in [-0.1, -0.05) is 47.6 Å². The van der Waals surface area contributed by atoms with E-state index < -0.39 is 0 Å². The first-order chi connectivity index (χ1) is 17.6. The molecule has 9 heteroatoms. The zero-order chi connectivity index (χ0) is 24.9. The lowest BCUT2D eigenvalue weighted by molar-refractivity contribution is 0.0951. The first-order valence-corrected chi connectivity index (χ1v) is 13.6. The van der Waals surface area contributed by atoms with E-state index in [1.54, 1.807) is 18.9 Å². The van der Waals surface area contributed by atoms with Gasteiger partial charge < -0.3 is 19.9 Å². The summed E-state index contributed by atoms with van der Waals surface area (Å²) >= 11 is 8.00. The molecule has 0 bridgehead atoms. The number of carbonyl (C=O) groups is 1. The first kappa shape index (κ1) is 24.9. The summed E-state index contributed by atoms with van der Waals surface area (Å²) in [6, 6.07) is 18.1. The zero-order valence-electron chi connectivity index (χ0n) is 20.3. The molecule has 188 valence electrons. The van der Waals surface area contributed by atoms with Gasteiger partial charge in [-0.3, -0.25) is 4.79 Å². The van der Waals surface area contributed by atoms with Crippen LogP contribution in [0.25, 0.3) is 0 Å². The summed E-state index contributed by atoms with van der Waals surface area (Å²) in [4.78, 5) is 26.4. The number of hydrogen-bond acceptors (Lipinski definition) is 7. The minimum absolute atomic E-state index is 0.00609. The van der Waals surface area contributed by atoms with Crippen LogP contribution in [-0.2, 0) is 17.1 Å². The molecule has 2 aromatic carbocycles. The predicted octanol–water partition coefficient (Wildman–Crippen LogP) is 4.79. The molecule has 1 N–H and O–H groups in total. The topological polar surface area (TPSA) is 70.6 Å². The number of piperazine rings is 1. The van der Waals surface area contributed by atoms with Crippen molar-refractivity contribution in [1.82, 2.24) is 15.3 Å². The van der Waals surface area contributed by atoms with Crippen LogP contribution >= 0.6 is 23.4 Å². The molecular formula is C27H30ClN5O2S. The van der Waals surface area contributed by atoms with Gasteiger partial charge >= 0.3 is 0 Å². The molecule has 1 aliphatic heterocycles. The van der Waals surface area contributed by atoms with Crippen molar-refractivity contribution in [2.24, 2.45) is 0 Å². The number of amides is 1. The maximum atomic E-state index is 12.2. The molecule has 1 saturated heterocycles. The number of para-hydroxylation sites is 1. The third kappa shape index (κ3) is 6.30. The van der Waals surface area contributed by atoms with E-state index in [2.05, 4.69) is 21.2 Å². The molecule has 0 radical (unpaired) electrons. The van der Waals surface area contributed by atoms with E-state index in [1.807, 2.05) is 48.5 Å². The zero-order valence-corrected chi connectivity index (χ0v) is 21.9. The molecule has 36 heavy (non-hydrogen) atoms. The Bertz CT molecular complexity index is 1200. The van der Waals surface area contributed by atoms with Gasteiger partial charge in [0.1, 0.15) is 5.82 Å². The van der Waals surface area contributed by atoms with Gasteiger partial charge in [-0.25, -0.2) is 9.97 Å². The van der Waals surface area contributed by atoms with Crippen molar-refractivity contribution in [3.8, 4) is 0 Å². The molecule has 0 atom stereocenters. The number of benzene rings is 2. The van der Waals surface area contributed by atoms with E-state index in [-0.39, 0.29) is 5.91 Å². The van der Waals surface area contributed by atoms with Gasteiger partial charge in [-0.05, 0) is 42.7 Å². The molecule has 0 unspecified atom stereocenters. The standard InChI is InChI=1S/C27H30ClN5O2S/c1-35-17-22-16-25(33-14-12-32(13-15-33)24-5-3-2-4-23(24)28)31-27(30-22)36-18-19-6-8-20(9-7-19)26(34)29-21-10-11-21/h2-9,16,21H,10-15,17-18H2,1H3,(H,29,34). The maximum Gasteiger partial charge on any atom is 0.251 e. The lowest BCUT2D eigenvalue weighted by atomic mass is 10.1. The van der Waals surface area contributed by atoms with E-state index in [0.29, 0.717) is 18.2 Å². The smallest absolute Gasteiger partial charge is 0.251 e. The number of anilines is 2. The summed E-state index contributed by atoms with van der Waals surface area (Å²) in [6.45, 7) is 3.88. The van der Waals surface area contributed by atoms with E-state index >= 15 is 0 Å². The van der Waals surface area contributed by atoms with Crippen molar-refractivity contribution < 1.29 is 9.53 Å². The highest BCUT2D eigenvalue weighted by Gasteiger charge is 2.24. The molecule has 0 spiro atoms. The number of hydrogen-bond donors (Lipinski definition) is 1. The quantitative estimate of drug-likeness (QED) is 0.319. The summed E-state index contributed by atoms with van der Waals surface area (Å²) in [6.07, 6.45) is 2.17. The number of nitrogens with zero attached hydrogens (tertiary/aromatic N) is 4. The van der Waals surface area contributed by atoms with Crippen LogP contribution in [0.3, 0.4) is 0 Å². The number of halogens is 1. The summed E-state index contributed by atoms with van der Waals surface area (Å²) < 4.78 is 5.36. The van der Waals surface area contributed by atoms with Crippen molar-refractivity contribution in [3.05, 3.63) is 76.4 Å². The van der Waals surface area contributed by atoms with Gasteiger partial charge in [0.15, 0.2) is 5.16 Å². The number of methoxy groups -OCH3 is 1. The Kier molecular flexibility index (Phi) is 7.94. The lowest BCUT2D eigenvalue weighted by Gasteiger charge is -2.37. The van der Waals surface area contributed by atoms with Crippen LogP contribution in [0, 0.1) is 0 Å². The number of aromatic nitrogens is 2. The van der Waals surface area contributed by atoms with E-state index in [1.165, 1.54) is 0 Å². The molecule has 3 aromatic rings. The number of nitrogens with one attached hydrogen (secondary N) is 1. The third-order valence-corrected chi connectivity index (χ3v) is 7.57. The fraction of sp³-hybridized carbons (Fsp3) is 0.370. The average molecular weight is 524 g/mol. The van der Waals surface area contributed by atoms with Crippen LogP contribution < -0.4 is 15.1 Å². The maximum absolute atomic E-state index is 12.2. The van der Waals surface area contributed by atoms with E-state index in [4.69, 9.17) is 26.3 Å². The van der Waals surface area contributed by atoms with Gasteiger partial charge in [0.2, 0.25) is 0 Å². The van der Waals surface area contributed by atoms with Crippen molar-refractivity contribution in [1.29, 1.82) is 0 Å². The molecule has 2 heterocycles. The Hall–Kier alpha value is -2.81. The van der Waals surface area contributed by atoms with E-state index in [9.17, 15) is 4.79 Å². The normalized spacial score (nSPS) is 15.7. The molecule has 1 aliphatic carbocycles. The minimum atomic E-state index is 0.00609. The van der Waals surface area contributed by atoms with Crippen LogP contribution in [0.5, 0.6) is 0 Å².